The molecule has 1 aliphatic heterocycles. The lowest BCUT2D eigenvalue weighted by Crippen LogP contribution is -2.47. The van der Waals surface area contributed by atoms with Gasteiger partial charge in [0.1, 0.15) is 5.82 Å². The maximum Gasteiger partial charge on any atom is 0.174 e. The summed E-state index contributed by atoms with van der Waals surface area (Å²) < 4.78 is 0. The minimum absolute atomic E-state index is 0.261. The Kier molecular flexibility index (Phi) is 4.62. The Balaban J connectivity index is 1.45. The first-order chi connectivity index (χ1) is 10.3. The highest BCUT2D eigenvalue weighted by Gasteiger charge is 2.18. The molecule has 0 unspecified atom stereocenters. The molecule has 2 aromatic rings. The minimum Gasteiger partial charge on any atom is -0.354 e. The molecular weight excluding hydrogens is 282 g/mol. The van der Waals surface area contributed by atoms with Crippen molar-refractivity contribution >= 4 is 22.9 Å². The third kappa shape index (κ3) is 3.68. The van der Waals surface area contributed by atoms with Gasteiger partial charge in [0.05, 0.1) is 4.88 Å². The first-order valence-electron chi connectivity index (χ1n) is 7.28. The fourth-order valence-corrected chi connectivity index (χ4v) is 3.26. The minimum atomic E-state index is 0.261. The standard InChI is InChI=1S/C16H19N3OS/c20-14(15-4-3-13-21-15)6-8-18-9-11-19(12-10-18)16-5-1-2-7-17-16/h1-5,7,13H,6,8-12H2. The molecule has 0 aliphatic carbocycles. The zero-order valence-electron chi connectivity index (χ0n) is 11.9. The van der Waals surface area contributed by atoms with Gasteiger partial charge in [-0.15, -0.1) is 11.3 Å². The third-order valence-electron chi connectivity index (χ3n) is 3.80. The van der Waals surface area contributed by atoms with E-state index < -0.39 is 0 Å². The predicted molar refractivity (Wildman–Crippen MR) is 86.2 cm³/mol. The average Bonchev–Trinajstić information content (AvgIpc) is 3.08. The molecule has 0 aromatic carbocycles. The van der Waals surface area contributed by atoms with Crippen LogP contribution in [0, 0.1) is 0 Å². The van der Waals surface area contributed by atoms with Gasteiger partial charge in [-0.1, -0.05) is 12.1 Å². The Morgan fingerprint density at radius 1 is 1.14 bits per heavy atom. The van der Waals surface area contributed by atoms with Crippen LogP contribution in [-0.4, -0.2) is 48.4 Å². The quantitative estimate of drug-likeness (QED) is 0.795. The molecule has 1 aliphatic rings. The van der Waals surface area contributed by atoms with Crippen LogP contribution in [0.3, 0.4) is 0 Å². The normalized spacial score (nSPS) is 16.1. The second kappa shape index (κ2) is 6.83. The number of rotatable bonds is 5. The lowest BCUT2D eigenvalue weighted by atomic mass is 10.2. The van der Waals surface area contributed by atoms with Crippen LogP contribution in [0.15, 0.2) is 41.9 Å². The molecule has 3 rings (SSSR count). The Morgan fingerprint density at radius 2 is 2.00 bits per heavy atom. The van der Waals surface area contributed by atoms with Gasteiger partial charge in [0.25, 0.3) is 0 Å². The van der Waals surface area contributed by atoms with E-state index in [4.69, 9.17) is 0 Å². The summed E-state index contributed by atoms with van der Waals surface area (Å²) in [6.07, 6.45) is 2.45. The van der Waals surface area contributed by atoms with Crippen LogP contribution >= 0.6 is 11.3 Å². The SMILES string of the molecule is O=C(CCN1CCN(c2ccccn2)CC1)c1cccs1. The van der Waals surface area contributed by atoms with Crippen molar-refractivity contribution in [3.05, 3.63) is 46.8 Å². The van der Waals surface area contributed by atoms with Gasteiger partial charge in [0, 0.05) is 45.3 Å². The molecule has 21 heavy (non-hydrogen) atoms. The summed E-state index contributed by atoms with van der Waals surface area (Å²) in [5.74, 6) is 1.31. The Labute approximate surface area is 129 Å². The summed E-state index contributed by atoms with van der Waals surface area (Å²) >= 11 is 1.53. The number of ketones is 1. The molecule has 0 N–H and O–H groups in total. The molecular formula is C16H19N3OS. The van der Waals surface area contributed by atoms with Crippen molar-refractivity contribution in [2.75, 3.05) is 37.6 Å². The van der Waals surface area contributed by atoms with E-state index in [0.29, 0.717) is 6.42 Å². The van der Waals surface area contributed by atoms with Crippen LogP contribution in [0.2, 0.25) is 0 Å². The molecule has 0 spiro atoms. The summed E-state index contributed by atoms with van der Waals surface area (Å²) in [5, 5.41) is 1.96. The third-order valence-corrected chi connectivity index (χ3v) is 4.71. The highest BCUT2D eigenvalue weighted by molar-refractivity contribution is 7.12. The molecule has 0 radical (unpaired) electrons. The summed E-state index contributed by atoms with van der Waals surface area (Å²) in [4.78, 5) is 21.9. The van der Waals surface area contributed by atoms with Gasteiger partial charge in [-0.25, -0.2) is 4.98 Å². The van der Waals surface area contributed by atoms with Crippen LogP contribution in [-0.2, 0) is 0 Å². The van der Waals surface area contributed by atoms with E-state index in [0.717, 1.165) is 43.4 Å². The van der Waals surface area contributed by atoms with Crippen molar-refractivity contribution in [1.82, 2.24) is 9.88 Å². The molecule has 0 saturated carbocycles. The Morgan fingerprint density at radius 3 is 2.67 bits per heavy atom. The molecule has 2 aromatic heterocycles. The first kappa shape index (κ1) is 14.2. The molecule has 0 amide bonds. The van der Waals surface area contributed by atoms with E-state index in [1.165, 1.54) is 11.3 Å². The number of carbonyl (C=O) groups excluding carboxylic acids is 1. The lowest BCUT2D eigenvalue weighted by Gasteiger charge is -2.35. The number of Topliss-reactive ketones (excluding diaryl/α,β-unsaturated/α-hetero) is 1. The number of pyridine rings is 1. The van der Waals surface area contributed by atoms with Crippen LogP contribution in [0.25, 0.3) is 0 Å². The number of carbonyl (C=O) groups is 1. The van der Waals surface area contributed by atoms with Gasteiger partial charge in [-0.3, -0.25) is 9.69 Å². The van der Waals surface area contributed by atoms with Gasteiger partial charge < -0.3 is 4.90 Å². The largest absolute Gasteiger partial charge is 0.354 e. The zero-order chi connectivity index (χ0) is 14.5. The maximum atomic E-state index is 12.0. The Hall–Kier alpha value is -1.72. The predicted octanol–water partition coefficient (Wildman–Crippen LogP) is 2.54. The van der Waals surface area contributed by atoms with Gasteiger partial charge in [-0.2, -0.15) is 0 Å². The van der Waals surface area contributed by atoms with Crippen LogP contribution in [0.5, 0.6) is 0 Å². The van der Waals surface area contributed by atoms with Gasteiger partial charge >= 0.3 is 0 Å². The second-order valence-electron chi connectivity index (χ2n) is 5.17. The number of hydrogen-bond donors (Lipinski definition) is 0. The number of hydrogen-bond acceptors (Lipinski definition) is 5. The van der Waals surface area contributed by atoms with E-state index in [-0.39, 0.29) is 5.78 Å². The number of piperazine rings is 1. The molecule has 1 fully saturated rings. The number of anilines is 1. The van der Waals surface area contributed by atoms with Gasteiger partial charge in [0.15, 0.2) is 5.78 Å². The van der Waals surface area contributed by atoms with Gasteiger partial charge in [0.2, 0.25) is 0 Å². The number of nitrogens with zero attached hydrogens (tertiary/aromatic N) is 3. The van der Waals surface area contributed by atoms with E-state index >= 15 is 0 Å². The number of aromatic nitrogens is 1. The fraction of sp³-hybridized carbons (Fsp3) is 0.375. The van der Waals surface area contributed by atoms with Crippen molar-refractivity contribution < 1.29 is 4.79 Å². The van der Waals surface area contributed by atoms with Crippen LogP contribution in [0.4, 0.5) is 5.82 Å². The molecule has 1 saturated heterocycles. The van der Waals surface area contributed by atoms with Crippen molar-refractivity contribution in [1.29, 1.82) is 0 Å². The van der Waals surface area contributed by atoms with E-state index in [2.05, 4.69) is 20.9 Å². The van der Waals surface area contributed by atoms with Crippen molar-refractivity contribution in [3.8, 4) is 0 Å². The molecule has 4 nitrogen and oxygen atoms in total. The van der Waals surface area contributed by atoms with Crippen molar-refractivity contribution in [2.24, 2.45) is 0 Å². The Bertz CT molecular complexity index is 562. The second-order valence-corrected chi connectivity index (χ2v) is 6.11. The highest BCUT2D eigenvalue weighted by Crippen LogP contribution is 2.14. The highest BCUT2D eigenvalue weighted by atomic mass is 32.1. The lowest BCUT2D eigenvalue weighted by molar-refractivity contribution is 0.0966. The smallest absolute Gasteiger partial charge is 0.174 e. The van der Waals surface area contributed by atoms with Crippen molar-refractivity contribution in [3.63, 3.8) is 0 Å². The summed E-state index contributed by atoms with van der Waals surface area (Å²) in [6, 6.07) is 9.86. The van der Waals surface area contributed by atoms with E-state index in [1.54, 1.807) is 0 Å². The van der Waals surface area contributed by atoms with Gasteiger partial charge in [-0.05, 0) is 23.6 Å². The van der Waals surface area contributed by atoms with Crippen LogP contribution in [0.1, 0.15) is 16.1 Å². The van der Waals surface area contributed by atoms with E-state index in [9.17, 15) is 4.79 Å². The molecule has 0 atom stereocenters. The molecule has 5 heteroatoms. The topological polar surface area (TPSA) is 36.4 Å². The maximum absolute atomic E-state index is 12.0. The number of thiophene rings is 1. The van der Waals surface area contributed by atoms with Crippen molar-refractivity contribution in [2.45, 2.75) is 6.42 Å². The van der Waals surface area contributed by atoms with Crippen LogP contribution < -0.4 is 4.90 Å². The molecule has 110 valence electrons. The first-order valence-corrected chi connectivity index (χ1v) is 8.16. The fourth-order valence-electron chi connectivity index (χ4n) is 2.56. The monoisotopic (exact) mass is 301 g/mol. The molecule has 0 bridgehead atoms. The summed E-state index contributed by atoms with van der Waals surface area (Å²) in [6.45, 7) is 4.80. The molecule has 3 heterocycles. The average molecular weight is 301 g/mol. The summed E-state index contributed by atoms with van der Waals surface area (Å²) in [5.41, 5.74) is 0. The van der Waals surface area contributed by atoms with E-state index in [1.807, 2.05) is 35.8 Å². The summed E-state index contributed by atoms with van der Waals surface area (Å²) in [7, 11) is 0. The zero-order valence-corrected chi connectivity index (χ0v) is 12.8.